The number of nitro benzene ring substituents is 1. The molecule has 110 valence electrons. The van der Waals surface area contributed by atoms with Gasteiger partial charge >= 0.3 is 0 Å². The van der Waals surface area contributed by atoms with Crippen molar-refractivity contribution < 1.29 is 4.92 Å². The normalized spacial score (nSPS) is 12.0. The van der Waals surface area contributed by atoms with E-state index in [1.807, 2.05) is 0 Å². The summed E-state index contributed by atoms with van der Waals surface area (Å²) >= 11 is 3.24. The molecule has 1 unspecified atom stereocenters. The lowest BCUT2D eigenvalue weighted by atomic mass is 10.0. The van der Waals surface area contributed by atoms with Crippen LogP contribution in [0.1, 0.15) is 30.5 Å². The van der Waals surface area contributed by atoms with Crippen LogP contribution in [0.15, 0.2) is 46.9 Å². The Morgan fingerprint density at radius 1 is 1.24 bits per heavy atom. The maximum absolute atomic E-state index is 10.8. The number of nitrogens with zero attached hydrogens (tertiary/aromatic N) is 1. The fourth-order valence-corrected chi connectivity index (χ4v) is 2.69. The summed E-state index contributed by atoms with van der Waals surface area (Å²) in [7, 11) is 0. The highest BCUT2D eigenvalue weighted by Gasteiger charge is 2.14. The summed E-state index contributed by atoms with van der Waals surface area (Å²) in [5.74, 6) is 0. The smallest absolute Gasteiger partial charge is 0.283 e. The van der Waals surface area contributed by atoms with E-state index in [0.717, 1.165) is 12.1 Å². The average Bonchev–Trinajstić information content (AvgIpc) is 2.45. The monoisotopic (exact) mass is 348 g/mol. The SMILES string of the molecule is CCC(Nc1ccc([N+](=O)[O-])c(Br)c1)c1ccc(C)cc1. The van der Waals surface area contributed by atoms with Gasteiger partial charge in [0, 0.05) is 11.8 Å². The molecule has 2 aromatic rings. The predicted molar refractivity (Wildman–Crippen MR) is 88.6 cm³/mol. The molecule has 21 heavy (non-hydrogen) atoms. The van der Waals surface area contributed by atoms with Gasteiger partial charge in [-0.15, -0.1) is 0 Å². The van der Waals surface area contributed by atoms with E-state index in [0.29, 0.717) is 4.47 Å². The van der Waals surface area contributed by atoms with Gasteiger partial charge in [-0.2, -0.15) is 0 Å². The Morgan fingerprint density at radius 3 is 2.43 bits per heavy atom. The first-order valence-corrected chi connectivity index (χ1v) is 7.57. The average molecular weight is 349 g/mol. The van der Waals surface area contributed by atoms with Gasteiger partial charge in [0.25, 0.3) is 5.69 Å². The lowest BCUT2D eigenvalue weighted by Gasteiger charge is -2.19. The largest absolute Gasteiger partial charge is 0.378 e. The Hall–Kier alpha value is -1.88. The third-order valence-electron chi connectivity index (χ3n) is 3.37. The van der Waals surface area contributed by atoms with E-state index < -0.39 is 4.92 Å². The molecule has 2 aromatic carbocycles. The molecule has 0 saturated heterocycles. The Kier molecular flexibility index (Phi) is 4.96. The third kappa shape index (κ3) is 3.82. The van der Waals surface area contributed by atoms with E-state index in [2.05, 4.69) is 59.4 Å². The molecule has 0 aliphatic rings. The molecule has 1 N–H and O–H groups in total. The van der Waals surface area contributed by atoms with Crippen LogP contribution in [-0.4, -0.2) is 4.92 Å². The Bertz CT molecular complexity index is 641. The van der Waals surface area contributed by atoms with Crippen molar-refractivity contribution in [1.29, 1.82) is 0 Å². The van der Waals surface area contributed by atoms with Gasteiger partial charge in [0.1, 0.15) is 0 Å². The molecule has 0 aliphatic heterocycles. The minimum absolute atomic E-state index is 0.0731. The molecule has 5 heteroatoms. The van der Waals surface area contributed by atoms with Crippen molar-refractivity contribution >= 4 is 27.3 Å². The maximum Gasteiger partial charge on any atom is 0.283 e. The van der Waals surface area contributed by atoms with Gasteiger partial charge < -0.3 is 5.32 Å². The number of hydrogen-bond acceptors (Lipinski definition) is 3. The standard InChI is InChI=1S/C16H17BrN2O2/c1-3-15(12-6-4-11(2)5-7-12)18-13-8-9-16(19(20)21)14(17)10-13/h4-10,15,18H,3H2,1-2H3. The van der Waals surface area contributed by atoms with Gasteiger partial charge in [-0.3, -0.25) is 10.1 Å². The summed E-state index contributed by atoms with van der Waals surface area (Å²) in [5.41, 5.74) is 3.37. The molecule has 0 spiro atoms. The van der Waals surface area contributed by atoms with Crippen molar-refractivity contribution in [2.45, 2.75) is 26.3 Å². The summed E-state index contributed by atoms with van der Waals surface area (Å²) in [5, 5.41) is 14.2. The molecule has 0 amide bonds. The van der Waals surface area contributed by atoms with Gasteiger partial charge in [-0.25, -0.2) is 0 Å². The van der Waals surface area contributed by atoms with Crippen molar-refractivity contribution in [3.8, 4) is 0 Å². The number of rotatable bonds is 5. The second kappa shape index (κ2) is 6.72. The summed E-state index contributed by atoms with van der Waals surface area (Å²) < 4.78 is 0.483. The van der Waals surface area contributed by atoms with Crippen LogP contribution in [0.2, 0.25) is 0 Å². The highest BCUT2D eigenvalue weighted by atomic mass is 79.9. The van der Waals surface area contributed by atoms with E-state index in [1.165, 1.54) is 17.2 Å². The van der Waals surface area contributed by atoms with Gasteiger partial charge in [0.15, 0.2) is 0 Å². The van der Waals surface area contributed by atoms with Crippen LogP contribution in [0, 0.1) is 17.0 Å². The van der Waals surface area contributed by atoms with Crippen molar-refractivity contribution in [1.82, 2.24) is 0 Å². The molecule has 1 atom stereocenters. The fraction of sp³-hybridized carbons (Fsp3) is 0.250. The van der Waals surface area contributed by atoms with Gasteiger partial charge in [0.2, 0.25) is 0 Å². The quantitative estimate of drug-likeness (QED) is 0.594. The number of nitro groups is 1. The van der Waals surface area contributed by atoms with Crippen molar-refractivity contribution in [3.63, 3.8) is 0 Å². The fourth-order valence-electron chi connectivity index (χ4n) is 2.17. The highest BCUT2D eigenvalue weighted by Crippen LogP contribution is 2.30. The summed E-state index contributed by atoms with van der Waals surface area (Å²) in [6.45, 7) is 4.17. The van der Waals surface area contributed by atoms with Crippen LogP contribution >= 0.6 is 15.9 Å². The maximum atomic E-state index is 10.8. The van der Waals surface area contributed by atoms with E-state index in [-0.39, 0.29) is 11.7 Å². The first-order valence-electron chi connectivity index (χ1n) is 6.78. The lowest BCUT2D eigenvalue weighted by Crippen LogP contribution is -2.09. The molecule has 0 aliphatic carbocycles. The number of hydrogen-bond donors (Lipinski definition) is 1. The van der Waals surface area contributed by atoms with Crippen LogP contribution in [-0.2, 0) is 0 Å². The zero-order valence-corrected chi connectivity index (χ0v) is 13.6. The topological polar surface area (TPSA) is 55.2 Å². The van der Waals surface area contributed by atoms with E-state index >= 15 is 0 Å². The molecule has 0 heterocycles. The molecule has 4 nitrogen and oxygen atoms in total. The predicted octanol–water partition coefficient (Wildman–Crippen LogP) is 5.23. The highest BCUT2D eigenvalue weighted by molar-refractivity contribution is 9.10. The Balaban J connectivity index is 2.20. The molecule has 0 aromatic heterocycles. The van der Waals surface area contributed by atoms with Crippen LogP contribution in [0.5, 0.6) is 0 Å². The van der Waals surface area contributed by atoms with Crippen LogP contribution < -0.4 is 5.32 Å². The van der Waals surface area contributed by atoms with Gasteiger partial charge in [-0.1, -0.05) is 36.8 Å². The lowest BCUT2D eigenvalue weighted by molar-refractivity contribution is -0.385. The number of benzene rings is 2. The number of halogens is 1. The van der Waals surface area contributed by atoms with E-state index in [4.69, 9.17) is 0 Å². The van der Waals surface area contributed by atoms with Crippen LogP contribution in [0.4, 0.5) is 11.4 Å². The van der Waals surface area contributed by atoms with Crippen molar-refractivity contribution in [2.24, 2.45) is 0 Å². The van der Waals surface area contributed by atoms with Crippen molar-refractivity contribution in [3.05, 3.63) is 68.2 Å². The second-order valence-electron chi connectivity index (χ2n) is 4.94. The molecule has 0 fully saturated rings. The van der Waals surface area contributed by atoms with Gasteiger partial charge in [0.05, 0.1) is 15.4 Å². The second-order valence-corrected chi connectivity index (χ2v) is 5.79. The molecule has 0 radical (unpaired) electrons. The van der Waals surface area contributed by atoms with Crippen LogP contribution in [0.25, 0.3) is 0 Å². The first-order chi connectivity index (χ1) is 10.0. The zero-order chi connectivity index (χ0) is 15.4. The number of anilines is 1. The number of nitrogens with one attached hydrogen (secondary N) is 1. The molecule has 0 saturated carbocycles. The minimum atomic E-state index is -0.398. The summed E-state index contributed by atoms with van der Waals surface area (Å²) in [4.78, 5) is 10.4. The molecule has 0 bridgehead atoms. The summed E-state index contributed by atoms with van der Waals surface area (Å²) in [6, 6.07) is 13.6. The number of aryl methyl sites for hydroxylation is 1. The molecular formula is C16H17BrN2O2. The Labute approximate surface area is 132 Å². The first kappa shape index (κ1) is 15.5. The Morgan fingerprint density at radius 2 is 1.90 bits per heavy atom. The van der Waals surface area contributed by atoms with Gasteiger partial charge in [-0.05, 0) is 47.0 Å². The third-order valence-corrected chi connectivity index (χ3v) is 4.01. The molecular weight excluding hydrogens is 332 g/mol. The van der Waals surface area contributed by atoms with E-state index in [9.17, 15) is 10.1 Å². The molecule has 2 rings (SSSR count). The van der Waals surface area contributed by atoms with Crippen molar-refractivity contribution in [2.75, 3.05) is 5.32 Å². The minimum Gasteiger partial charge on any atom is -0.378 e. The zero-order valence-electron chi connectivity index (χ0n) is 12.0. The van der Waals surface area contributed by atoms with E-state index in [1.54, 1.807) is 12.1 Å². The van der Waals surface area contributed by atoms with Crippen LogP contribution in [0.3, 0.4) is 0 Å². The summed E-state index contributed by atoms with van der Waals surface area (Å²) in [6.07, 6.45) is 0.928.